The second-order valence-electron chi connectivity index (χ2n) is 4.40. The van der Waals surface area contributed by atoms with Gasteiger partial charge in [0.2, 0.25) is 0 Å². The van der Waals surface area contributed by atoms with E-state index in [4.69, 9.17) is 32.5 Å². The molecule has 0 aliphatic heterocycles. The van der Waals surface area contributed by atoms with Crippen molar-refractivity contribution in [2.24, 2.45) is 0 Å². The first-order valence-electron chi connectivity index (χ1n) is 6.35. The van der Waals surface area contributed by atoms with Crippen LogP contribution in [0.2, 0.25) is 10.0 Å². The Bertz CT molecular complexity index is 643. The van der Waals surface area contributed by atoms with E-state index in [-0.39, 0.29) is 5.91 Å². The molecule has 21 heavy (non-hydrogen) atoms. The van der Waals surface area contributed by atoms with Crippen LogP contribution in [0.15, 0.2) is 28.8 Å². The van der Waals surface area contributed by atoms with Crippen LogP contribution in [0.4, 0.5) is 5.82 Å². The molecule has 0 saturated carbocycles. The third-order valence-electron chi connectivity index (χ3n) is 2.71. The molecule has 0 fully saturated rings. The maximum atomic E-state index is 12.1. The van der Waals surface area contributed by atoms with Crippen molar-refractivity contribution in [1.29, 1.82) is 0 Å². The molecule has 0 aliphatic carbocycles. The molecule has 1 atom stereocenters. The van der Waals surface area contributed by atoms with Crippen molar-refractivity contribution >= 4 is 34.9 Å². The smallest absolute Gasteiger partial charge is 0.266 e. The van der Waals surface area contributed by atoms with Crippen LogP contribution in [-0.2, 0) is 4.79 Å². The average molecular weight is 329 g/mol. The third kappa shape index (κ3) is 4.12. The van der Waals surface area contributed by atoms with Crippen molar-refractivity contribution in [1.82, 2.24) is 5.16 Å². The van der Waals surface area contributed by atoms with E-state index in [9.17, 15) is 4.79 Å². The summed E-state index contributed by atoms with van der Waals surface area (Å²) in [7, 11) is 0. The van der Waals surface area contributed by atoms with Crippen molar-refractivity contribution in [3.05, 3.63) is 40.1 Å². The van der Waals surface area contributed by atoms with Gasteiger partial charge in [-0.1, -0.05) is 35.3 Å². The van der Waals surface area contributed by atoms with E-state index in [0.717, 1.165) is 0 Å². The van der Waals surface area contributed by atoms with Crippen LogP contribution in [0.1, 0.15) is 19.1 Å². The molecule has 0 radical (unpaired) electrons. The second kappa shape index (κ2) is 6.83. The average Bonchev–Trinajstić information content (AvgIpc) is 2.83. The Morgan fingerprint density at radius 2 is 2.19 bits per heavy atom. The first-order valence-corrected chi connectivity index (χ1v) is 7.11. The normalized spacial score (nSPS) is 12.0. The van der Waals surface area contributed by atoms with Crippen molar-refractivity contribution < 1.29 is 14.1 Å². The summed E-state index contributed by atoms with van der Waals surface area (Å²) in [5.41, 5.74) is 0. The van der Waals surface area contributed by atoms with E-state index in [1.807, 2.05) is 6.92 Å². The van der Waals surface area contributed by atoms with Crippen molar-refractivity contribution in [2.75, 3.05) is 5.32 Å². The molecule has 1 heterocycles. The molecule has 0 bridgehead atoms. The largest absolute Gasteiger partial charge is 0.479 e. The molecule has 7 heteroatoms. The number of aromatic nitrogens is 1. The molecule has 1 N–H and O–H groups in total. The van der Waals surface area contributed by atoms with Gasteiger partial charge in [-0.05, 0) is 31.5 Å². The van der Waals surface area contributed by atoms with Crippen molar-refractivity contribution in [3.63, 3.8) is 0 Å². The fourth-order valence-corrected chi connectivity index (χ4v) is 2.13. The fraction of sp³-hybridized carbons (Fsp3) is 0.286. The van der Waals surface area contributed by atoms with Gasteiger partial charge in [0.25, 0.3) is 5.91 Å². The molecule has 1 aromatic heterocycles. The molecule has 0 aliphatic rings. The highest BCUT2D eigenvalue weighted by Crippen LogP contribution is 2.28. The number of carbonyl (C=O) groups is 1. The summed E-state index contributed by atoms with van der Waals surface area (Å²) >= 11 is 11.9. The Hall–Kier alpha value is -1.72. The lowest BCUT2D eigenvalue weighted by Crippen LogP contribution is -2.32. The van der Waals surface area contributed by atoms with E-state index in [2.05, 4.69) is 10.5 Å². The maximum Gasteiger partial charge on any atom is 0.266 e. The summed E-state index contributed by atoms with van der Waals surface area (Å²) in [6.07, 6.45) is -0.220. The van der Waals surface area contributed by atoms with Gasteiger partial charge in [0.1, 0.15) is 11.5 Å². The number of ether oxygens (including phenoxy) is 1. The molecule has 0 spiro atoms. The van der Waals surface area contributed by atoms with Gasteiger partial charge in [-0.3, -0.25) is 4.79 Å². The molecule has 5 nitrogen and oxygen atoms in total. The highest BCUT2D eigenvalue weighted by Gasteiger charge is 2.20. The molecular formula is C14H14Cl2N2O3. The lowest BCUT2D eigenvalue weighted by molar-refractivity contribution is -0.122. The Labute approximate surface area is 132 Å². The summed E-state index contributed by atoms with van der Waals surface area (Å²) in [6, 6.07) is 6.46. The first kappa shape index (κ1) is 15.7. The number of hydrogen-bond donors (Lipinski definition) is 1. The van der Waals surface area contributed by atoms with E-state index in [1.54, 1.807) is 31.2 Å². The molecule has 1 aromatic carbocycles. The number of aryl methyl sites for hydroxylation is 1. The van der Waals surface area contributed by atoms with Crippen LogP contribution < -0.4 is 10.1 Å². The van der Waals surface area contributed by atoms with E-state index >= 15 is 0 Å². The Kier molecular flexibility index (Phi) is 5.09. The summed E-state index contributed by atoms with van der Waals surface area (Å²) < 4.78 is 10.5. The number of rotatable bonds is 5. The predicted octanol–water partition coefficient (Wildman–Crippen LogP) is 4.09. The van der Waals surface area contributed by atoms with Crippen molar-refractivity contribution in [2.45, 2.75) is 26.4 Å². The quantitative estimate of drug-likeness (QED) is 0.897. The SMILES string of the molecule is CC[C@@H](Oc1ccc(Cl)cc1Cl)C(=O)Nc1cc(C)on1. The number of amides is 1. The molecule has 1 amide bonds. The van der Waals surface area contributed by atoms with E-state index < -0.39 is 6.10 Å². The number of nitrogens with one attached hydrogen (secondary N) is 1. The number of nitrogens with zero attached hydrogens (tertiary/aromatic N) is 1. The van der Waals surface area contributed by atoms with Crippen LogP contribution in [0, 0.1) is 6.92 Å². The van der Waals surface area contributed by atoms with Crippen molar-refractivity contribution in [3.8, 4) is 5.75 Å². The van der Waals surface area contributed by atoms with E-state index in [1.165, 1.54) is 0 Å². The molecule has 0 unspecified atom stereocenters. The van der Waals surface area contributed by atoms with Gasteiger partial charge in [0.05, 0.1) is 5.02 Å². The maximum absolute atomic E-state index is 12.1. The minimum absolute atomic E-state index is 0.322. The van der Waals surface area contributed by atoms with Gasteiger partial charge >= 0.3 is 0 Å². The second-order valence-corrected chi connectivity index (χ2v) is 5.25. The molecule has 2 rings (SSSR count). The van der Waals surface area contributed by atoms with Crippen LogP contribution in [0.5, 0.6) is 5.75 Å². The molecule has 2 aromatic rings. The fourth-order valence-electron chi connectivity index (χ4n) is 1.68. The highest BCUT2D eigenvalue weighted by atomic mass is 35.5. The van der Waals surface area contributed by atoms with Gasteiger partial charge in [0, 0.05) is 11.1 Å². The monoisotopic (exact) mass is 328 g/mol. The first-order chi connectivity index (χ1) is 9.99. The molecule has 0 saturated heterocycles. The summed E-state index contributed by atoms with van der Waals surface area (Å²) in [5, 5.41) is 7.19. The van der Waals surface area contributed by atoms with Crippen LogP contribution in [0.25, 0.3) is 0 Å². The zero-order chi connectivity index (χ0) is 15.4. The Morgan fingerprint density at radius 3 is 2.76 bits per heavy atom. The van der Waals surface area contributed by atoms with Gasteiger partial charge < -0.3 is 14.6 Å². The van der Waals surface area contributed by atoms with Gasteiger partial charge in [0.15, 0.2) is 11.9 Å². The Morgan fingerprint density at radius 1 is 1.43 bits per heavy atom. The van der Waals surface area contributed by atoms with Crippen LogP contribution in [-0.4, -0.2) is 17.2 Å². The highest BCUT2D eigenvalue weighted by molar-refractivity contribution is 6.35. The van der Waals surface area contributed by atoms with Crippen LogP contribution >= 0.6 is 23.2 Å². The predicted molar refractivity (Wildman–Crippen MR) is 81.0 cm³/mol. The van der Waals surface area contributed by atoms with Crippen LogP contribution in [0.3, 0.4) is 0 Å². The van der Waals surface area contributed by atoms with Gasteiger partial charge in [-0.15, -0.1) is 0 Å². The summed E-state index contributed by atoms with van der Waals surface area (Å²) in [4.78, 5) is 12.1. The molecular weight excluding hydrogens is 315 g/mol. The number of anilines is 1. The standard InChI is InChI=1S/C14H14Cl2N2O3/c1-3-11(14(19)17-13-6-8(2)21-18-13)20-12-5-4-9(15)7-10(12)16/h4-7,11H,3H2,1-2H3,(H,17,18,19)/t11-/m1/s1. The number of carbonyl (C=O) groups excluding carboxylic acids is 1. The minimum Gasteiger partial charge on any atom is -0.479 e. The minimum atomic E-state index is -0.694. The third-order valence-corrected chi connectivity index (χ3v) is 3.24. The zero-order valence-corrected chi connectivity index (χ0v) is 13.0. The zero-order valence-electron chi connectivity index (χ0n) is 11.5. The number of benzene rings is 1. The van der Waals surface area contributed by atoms with E-state index in [0.29, 0.717) is 33.8 Å². The topological polar surface area (TPSA) is 64.4 Å². The van der Waals surface area contributed by atoms with Gasteiger partial charge in [-0.2, -0.15) is 0 Å². The van der Waals surface area contributed by atoms with Gasteiger partial charge in [-0.25, -0.2) is 0 Å². The lowest BCUT2D eigenvalue weighted by Gasteiger charge is -2.17. The summed E-state index contributed by atoms with van der Waals surface area (Å²) in [6.45, 7) is 3.58. The number of halogens is 2. The number of hydrogen-bond acceptors (Lipinski definition) is 4. The Balaban J connectivity index is 2.06. The lowest BCUT2D eigenvalue weighted by atomic mass is 10.2. The summed E-state index contributed by atoms with van der Waals surface area (Å²) in [5.74, 6) is 1.04. The molecule has 112 valence electrons.